The zero-order valence-corrected chi connectivity index (χ0v) is 14.6. The Bertz CT molecular complexity index is 736. The van der Waals surface area contributed by atoms with Gasteiger partial charge in [0.2, 0.25) is 11.9 Å². The van der Waals surface area contributed by atoms with Crippen molar-refractivity contribution in [1.29, 1.82) is 0 Å². The van der Waals surface area contributed by atoms with Crippen LogP contribution in [-0.2, 0) is 4.79 Å². The van der Waals surface area contributed by atoms with Crippen LogP contribution in [-0.4, -0.2) is 45.7 Å². The highest BCUT2D eigenvalue weighted by atomic mass is 16.1. The van der Waals surface area contributed by atoms with E-state index in [2.05, 4.69) is 32.7 Å². The number of anilines is 1. The van der Waals surface area contributed by atoms with Crippen LogP contribution in [0.3, 0.4) is 0 Å². The Kier molecular flexibility index (Phi) is 4.38. The maximum Gasteiger partial charge on any atom is 0.250 e. The Morgan fingerprint density at radius 3 is 2.80 bits per heavy atom. The summed E-state index contributed by atoms with van der Waals surface area (Å²) in [5.41, 5.74) is 2.13. The van der Waals surface area contributed by atoms with E-state index in [1.165, 1.54) is 18.4 Å². The molecule has 1 atom stereocenters. The molecular weight excluding hydrogens is 316 g/mol. The maximum atomic E-state index is 12.4. The first-order valence-corrected chi connectivity index (χ1v) is 9.09. The molecule has 1 amide bonds. The van der Waals surface area contributed by atoms with Crippen LogP contribution in [0.4, 0.5) is 5.95 Å². The number of amides is 1. The van der Waals surface area contributed by atoms with Gasteiger partial charge < -0.3 is 10.2 Å². The molecule has 1 aromatic carbocycles. The Labute approximate surface area is 147 Å². The lowest BCUT2D eigenvalue weighted by Gasteiger charge is -2.32. The third kappa shape index (κ3) is 3.65. The molecule has 0 unspecified atom stereocenters. The average molecular weight is 340 g/mol. The summed E-state index contributed by atoms with van der Waals surface area (Å²) < 4.78 is 1.75. The number of tetrazole rings is 1. The maximum absolute atomic E-state index is 12.4. The second kappa shape index (κ2) is 6.82. The molecule has 4 rings (SSSR count). The standard InChI is InChI=1S/C18H24N6O/c1-13-4-8-16(9-5-13)24-18(20-21-22-24)23-10-2-3-15(12-23)17(25)19-11-14-6-7-14/h4-5,8-9,14-15H,2-3,6-7,10-12H2,1H3,(H,19,25)/t15-/m1/s1. The van der Waals surface area contributed by atoms with E-state index in [9.17, 15) is 4.79 Å². The van der Waals surface area contributed by atoms with Crippen LogP contribution in [0.1, 0.15) is 31.2 Å². The number of hydrogen-bond donors (Lipinski definition) is 1. The summed E-state index contributed by atoms with van der Waals surface area (Å²) in [7, 11) is 0. The summed E-state index contributed by atoms with van der Waals surface area (Å²) in [5.74, 6) is 1.60. The highest BCUT2D eigenvalue weighted by Gasteiger charge is 2.30. The monoisotopic (exact) mass is 340 g/mol. The van der Waals surface area contributed by atoms with Crippen LogP contribution in [0, 0.1) is 18.8 Å². The lowest BCUT2D eigenvalue weighted by atomic mass is 9.97. The number of nitrogens with one attached hydrogen (secondary N) is 1. The molecule has 25 heavy (non-hydrogen) atoms. The summed E-state index contributed by atoms with van der Waals surface area (Å²) in [6.45, 7) is 4.43. The van der Waals surface area contributed by atoms with Crippen LogP contribution >= 0.6 is 0 Å². The number of carbonyl (C=O) groups excluding carboxylic acids is 1. The number of piperidine rings is 1. The molecule has 1 N–H and O–H groups in total. The minimum absolute atomic E-state index is 0.00988. The first-order valence-electron chi connectivity index (χ1n) is 9.09. The van der Waals surface area contributed by atoms with E-state index in [1.807, 2.05) is 24.3 Å². The molecule has 0 spiro atoms. The SMILES string of the molecule is Cc1ccc(-n2nnnc2N2CCC[C@@H](C(=O)NCC3CC3)C2)cc1. The van der Waals surface area contributed by atoms with E-state index in [0.29, 0.717) is 18.4 Å². The fraction of sp³-hybridized carbons (Fsp3) is 0.556. The minimum atomic E-state index is 0.00988. The molecule has 2 aliphatic rings. The molecule has 2 fully saturated rings. The molecule has 2 heterocycles. The third-order valence-corrected chi connectivity index (χ3v) is 5.07. The first kappa shape index (κ1) is 16.1. The first-order chi connectivity index (χ1) is 12.2. The van der Waals surface area contributed by atoms with Gasteiger partial charge in [0.15, 0.2) is 0 Å². The fourth-order valence-corrected chi connectivity index (χ4v) is 3.32. The number of rotatable bonds is 5. The van der Waals surface area contributed by atoms with Gasteiger partial charge in [-0.3, -0.25) is 4.79 Å². The van der Waals surface area contributed by atoms with E-state index < -0.39 is 0 Å². The molecular formula is C18H24N6O. The summed E-state index contributed by atoms with van der Waals surface area (Å²) >= 11 is 0. The van der Waals surface area contributed by atoms with Gasteiger partial charge in [-0.2, -0.15) is 4.68 Å². The summed E-state index contributed by atoms with van der Waals surface area (Å²) in [6.07, 6.45) is 4.41. The van der Waals surface area contributed by atoms with Gasteiger partial charge in [0.25, 0.3) is 0 Å². The third-order valence-electron chi connectivity index (χ3n) is 5.07. The van der Waals surface area contributed by atoms with E-state index in [1.54, 1.807) is 4.68 Å². The number of carbonyl (C=O) groups is 1. The van der Waals surface area contributed by atoms with Crippen LogP contribution < -0.4 is 10.2 Å². The van der Waals surface area contributed by atoms with Crippen molar-refractivity contribution in [2.45, 2.75) is 32.6 Å². The van der Waals surface area contributed by atoms with Gasteiger partial charge in [-0.1, -0.05) is 22.8 Å². The molecule has 0 radical (unpaired) electrons. The van der Waals surface area contributed by atoms with Crippen molar-refractivity contribution in [2.75, 3.05) is 24.5 Å². The van der Waals surface area contributed by atoms with E-state index >= 15 is 0 Å². The molecule has 7 nitrogen and oxygen atoms in total. The lowest BCUT2D eigenvalue weighted by molar-refractivity contribution is -0.125. The van der Waals surface area contributed by atoms with Gasteiger partial charge in [0.1, 0.15) is 0 Å². The Morgan fingerprint density at radius 2 is 2.04 bits per heavy atom. The predicted octanol–water partition coefficient (Wildman–Crippen LogP) is 1.71. The van der Waals surface area contributed by atoms with Gasteiger partial charge in [-0.25, -0.2) is 0 Å². The predicted molar refractivity (Wildman–Crippen MR) is 94.6 cm³/mol. The van der Waals surface area contributed by atoms with Crippen molar-refractivity contribution >= 4 is 11.9 Å². The van der Waals surface area contributed by atoms with Crippen molar-refractivity contribution < 1.29 is 4.79 Å². The van der Waals surface area contributed by atoms with E-state index in [-0.39, 0.29) is 11.8 Å². The van der Waals surface area contributed by atoms with Crippen LogP contribution in [0.15, 0.2) is 24.3 Å². The van der Waals surface area contributed by atoms with Crippen LogP contribution in [0.25, 0.3) is 5.69 Å². The number of hydrogen-bond acceptors (Lipinski definition) is 5. The van der Waals surface area contributed by atoms with Crippen molar-refractivity contribution in [3.05, 3.63) is 29.8 Å². The van der Waals surface area contributed by atoms with Crippen molar-refractivity contribution in [1.82, 2.24) is 25.5 Å². The quantitative estimate of drug-likeness (QED) is 0.897. The number of aromatic nitrogens is 4. The van der Waals surface area contributed by atoms with Crippen LogP contribution in [0.2, 0.25) is 0 Å². The summed E-state index contributed by atoms with van der Waals surface area (Å²) in [5, 5.41) is 15.3. The molecule has 1 aliphatic carbocycles. The zero-order chi connectivity index (χ0) is 17.2. The van der Waals surface area contributed by atoms with Gasteiger partial charge in [0.05, 0.1) is 11.6 Å². The number of aryl methyl sites for hydroxylation is 1. The van der Waals surface area contributed by atoms with Crippen LogP contribution in [0.5, 0.6) is 0 Å². The minimum Gasteiger partial charge on any atom is -0.356 e. The van der Waals surface area contributed by atoms with Crippen molar-refractivity contribution in [3.8, 4) is 5.69 Å². The molecule has 2 aromatic rings. The Balaban J connectivity index is 1.47. The smallest absolute Gasteiger partial charge is 0.250 e. The van der Waals surface area contributed by atoms with Gasteiger partial charge >= 0.3 is 0 Å². The number of nitrogens with zero attached hydrogens (tertiary/aromatic N) is 5. The molecule has 7 heteroatoms. The molecule has 132 valence electrons. The fourth-order valence-electron chi connectivity index (χ4n) is 3.32. The van der Waals surface area contributed by atoms with Gasteiger partial charge in [-0.05, 0) is 61.1 Å². The average Bonchev–Trinajstić information content (AvgIpc) is 3.35. The second-order valence-electron chi connectivity index (χ2n) is 7.20. The normalized spacial score (nSPS) is 20.5. The second-order valence-corrected chi connectivity index (χ2v) is 7.20. The summed E-state index contributed by atoms with van der Waals surface area (Å²) in [6, 6.07) is 8.12. The van der Waals surface area contributed by atoms with Gasteiger partial charge in [-0.15, -0.1) is 0 Å². The van der Waals surface area contributed by atoms with Gasteiger partial charge in [0, 0.05) is 19.6 Å². The molecule has 1 saturated heterocycles. The largest absolute Gasteiger partial charge is 0.356 e. The molecule has 1 aromatic heterocycles. The molecule has 1 aliphatic heterocycles. The highest BCUT2D eigenvalue weighted by Crippen LogP contribution is 2.28. The highest BCUT2D eigenvalue weighted by molar-refractivity contribution is 5.79. The van der Waals surface area contributed by atoms with E-state index in [4.69, 9.17) is 0 Å². The van der Waals surface area contributed by atoms with E-state index in [0.717, 1.165) is 31.6 Å². The van der Waals surface area contributed by atoms with Crippen molar-refractivity contribution in [3.63, 3.8) is 0 Å². The molecule has 1 saturated carbocycles. The summed E-state index contributed by atoms with van der Waals surface area (Å²) in [4.78, 5) is 14.6. The lowest BCUT2D eigenvalue weighted by Crippen LogP contribution is -2.44. The van der Waals surface area contributed by atoms with Crippen molar-refractivity contribution in [2.24, 2.45) is 11.8 Å². The zero-order valence-electron chi connectivity index (χ0n) is 14.6. The topological polar surface area (TPSA) is 75.9 Å². The molecule has 0 bridgehead atoms. The Morgan fingerprint density at radius 1 is 1.24 bits per heavy atom. The Hall–Kier alpha value is -2.44. The number of benzene rings is 1.